The summed E-state index contributed by atoms with van der Waals surface area (Å²) in [5.41, 5.74) is 0.823. The highest BCUT2D eigenvalue weighted by atomic mass is 32.2. The van der Waals surface area contributed by atoms with Crippen LogP contribution in [0.2, 0.25) is 0 Å². The molecule has 1 aromatic heterocycles. The van der Waals surface area contributed by atoms with E-state index >= 15 is 0 Å². The second-order valence-corrected chi connectivity index (χ2v) is 8.58. The Bertz CT molecular complexity index is 815. The number of likely N-dealkylation sites (N-methyl/N-ethyl adjacent to an activating group) is 1. The van der Waals surface area contributed by atoms with E-state index in [1.54, 1.807) is 23.7 Å². The number of hydrogen-bond donors (Lipinski definition) is 0. The molecular formula is C19H22N2O3S. The minimum absolute atomic E-state index is 0.0144. The van der Waals surface area contributed by atoms with Crippen LogP contribution in [0.3, 0.4) is 0 Å². The van der Waals surface area contributed by atoms with Crippen molar-refractivity contribution in [3.63, 3.8) is 0 Å². The highest BCUT2D eigenvalue weighted by Crippen LogP contribution is 2.47. The molecule has 2 amide bonds. The molecule has 4 rings (SSSR count). The third kappa shape index (κ3) is 2.54. The Morgan fingerprint density at radius 1 is 1.44 bits per heavy atom. The van der Waals surface area contributed by atoms with Gasteiger partial charge >= 0.3 is 0 Å². The molecule has 0 saturated carbocycles. The molecule has 2 saturated heterocycles. The lowest BCUT2D eigenvalue weighted by Crippen LogP contribution is -2.50. The lowest BCUT2D eigenvalue weighted by Gasteiger charge is -2.33. The molecule has 132 valence electrons. The van der Waals surface area contributed by atoms with Crippen LogP contribution in [-0.2, 0) is 9.59 Å². The first kappa shape index (κ1) is 16.5. The van der Waals surface area contributed by atoms with Crippen LogP contribution in [0.25, 0.3) is 11.0 Å². The van der Waals surface area contributed by atoms with Crippen LogP contribution < -0.4 is 0 Å². The van der Waals surface area contributed by atoms with E-state index in [0.717, 1.165) is 23.2 Å². The smallest absolute Gasteiger partial charge is 0.246 e. The zero-order valence-electron chi connectivity index (χ0n) is 14.7. The number of carbonyl (C=O) groups excluding carboxylic acids is 2. The van der Waals surface area contributed by atoms with Crippen molar-refractivity contribution in [1.29, 1.82) is 0 Å². The van der Waals surface area contributed by atoms with Crippen LogP contribution in [0, 0.1) is 0 Å². The summed E-state index contributed by atoms with van der Waals surface area (Å²) in [5, 5.41) is 1.03. The molecule has 2 aromatic rings. The van der Waals surface area contributed by atoms with Gasteiger partial charge in [0.25, 0.3) is 0 Å². The molecule has 25 heavy (non-hydrogen) atoms. The maximum absolute atomic E-state index is 13.1. The van der Waals surface area contributed by atoms with Gasteiger partial charge in [-0.15, -0.1) is 11.8 Å². The minimum atomic E-state index is -0.373. The molecule has 3 atom stereocenters. The molecule has 0 unspecified atom stereocenters. The van der Waals surface area contributed by atoms with Crippen molar-refractivity contribution >= 4 is 34.5 Å². The molecule has 0 N–H and O–H groups in total. The SMILES string of the molecule is C[C@H](c1cc2ccccc2o1)N(C)C(=O)[C@H]1CS[C@]2(C)CCC(=O)N12. The first-order valence-corrected chi connectivity index (χ1v) is 9.60. The molecule has 5 nitrogen and oxygen atoms in total. The van der Waals surface area contributed by atoms with Crippen molar-refractivity contribution in [3.8, 4) is 0 Å². The monoisotopic (exact) mass is 358 g/mol. The first-order chi connectivity index (χ1) is 11.9. The Labute approximate surface area is 151 Å². The van der Waals surface area contributed by atoms with Crippen LogP contribution in [0.15, 0.2) is 34.7 Å². The zero-order chi connectivity index (χ0) is 17.8. The van der Waals surface area contributed by atoms with Crippen LogP contribution in [0.4, 0.5) is 0 Å². The van der Waals surface area contributed by atoms with Gasteiger partial charge in [0.05, 0.1) is 10.9 Å². The standard InChI is InChI=1S/C19H22N2O3S/c1-12(16-10-13-6-4-5-7-15(13)24-16)20(3)18(23)14-11-25-19(2)9-8-17(22)21(14)19/h4-7,10,12,14H,8-9,11H2,1-3H3/t12-,14-,19-/m1/s1. The highest BCUT2D eigenvalue weighted by Gasteiger charge is 2.53. The number of nitrogens with zero attached hydrogens (tertiary/aromatic N) is 2. The number of benzene rings is 1. The molecule has 0 spiro atoms. The Kier molecular flexibility index (Phi) is 3.83. The van der Waals surface area contributed by atoms with Crippen LogP contribution in [-0.4, -0.2) is 45.3 Å². The van der Waals surface area contributed by atoms with Crippen molar-refractivity contribution in [2.24, 2.45) is 0 Å². The van der Waals surface area contributed by atoms with E-state index in [1.165, 1.54) is 0 Å². The summed E-state index contributed by atoms with van der Waals surface area (Å²) in [5.74, 6) is 1.51. The molecule has 0 bridgehead atoms. The predicted molar refractivity (Wildman–Crippen MR) is 98.1 cm³/mol. The number of hydrogen-bond acceptors (Lipinski definition) is 4. The minimum Gasteiger partial charge on any atom is -0.459 e. The summed E-state index contributed by atoms with van der Waals surface area (Å²) in [4.78, 5) is 28.7. The molecule has 3 heterocycles. The first-order valence-electron chi connectivity index (χ1n) is 8.62. The summed E-state index contributed by atoms with van der Waals surface area (Å²) in [6, 6.07) is 9.25. The third-order valence-corrected chi connectivity index (χ3v) is 7.02. The van der Waals surface area contributed by atoms with Crippen molar-refractivity contribution < 1.29 is 14.0 Å². The van der Waals surface area contributed by atoms with Gasteiger partial charge in [0.2, 0.25) is 11.8 Å². The van der Waals surface area contributed by atoms with Gasteiger partial charge < -0.3 is 14.2 Å². The Morgan fingerprint density at radius 3 is 2.96 bits per heavy atom. The number of amides is 2. The number of fused-ring (bicyclic) bond motifs is 2. The third-order valence-electron chi connectivity index (χ3n) is 5.51. The lowest BCUT2D eigenvalue weighted by atomic mass is 10.1. The second-order valence-electron chi connectivity index (χ2n) is 7.08. The van der Waals surface area contributed by atoms with E-state index in [9.17, 15) is 9.59 Å². The van der Waals surface area contributed by atoms with Crippen LogP contribution in [0.1, 0.15) is 38.5 Å². The second kappa shape index (κ2) is 5.80. The topological polar surface area (TPSA) is 53.8 Å². The molecule has 2 aliphatic rings. The van der Waals surface area contributed by atoms with E-state index in [4.69, 9.17) is 4.42 Å². The normalized spacial score (nSPS) is 26.9. The number of carbonyl (C=O) groups is 2. The summed E-state index contributed by atoms with van der Waals surface area (Å²) < 4.78 is 5.91. The quantitative estimate of drug-likeness (QED) is 0.844. The van der Waals surface area contributed by atoms with Crippen molar-refractivity contribution in [1.82, 2.24) is 9.80 Å². The fourth-order valence-electron chi connectivity index (χ4n) is 3.83. The van der Waals surface area contributed by atoms with Gasteiger partial charge in [-0.25, -0.2) is 0 Å². The van der Waals surface area contributed by atoms with Gasteiger partial charge in [-0.3, -0.25) is 9.59 Å². The molecule has 2 aliphatic heterocycles. The highest BCUT2D eigenvalue weighted by molar-refractivity contribution is 8.01. The molecule has 0 aliphatic carbocycles. The van der Waals surface area contributed by atoms with E-state index in [1.807, 2.05) is 42.2 Å². The number of para-hydroxylation sites is 1. The maximum atomic E-state index is 13.1. The van der Waals surface area contributed by atoms with Crippen molar-refractivity contribution in [2.75, 3.05) is 12.8 Å². The fraction of sp³-hybridized carbons (Fsp3) is 0.474. The number of rotatable bonds is 3. The van der Waals surface area contributed by atoms with Gasteiger partial charge in [0, 0.05) is 24.6 Å². The summed E-state index contributed by atoms with van der Waals surface area (Å²) >= 11 is 1.72. The van der Waals surface area contributed by atoms with Gasteiger partial charge in [0.1, 0.15) is 17.4 Å². The molecule has 0 radical (unpaired) electrons. The van der Waals surface area contributed by atoms with Gasteiger partial charge in [-0.1, -0.05) is 18.2 Å². The van der Waals surface area contributed by atoms with E-state index in [-0.39, 0.29) is 28.8 Å². The van der Waals surface area contributed by atoms with E-state index < -0.39 is 0 Å². The van der Waals surface area contributed by atoms with Gasteiger partial charge in [-0.05, 0) is 32.4 Å². The molecule has 6 heteroatoms. The van der Waals surface area contributed by atoms with Crippen LogP contribution >= 0.6 is 11.8 Å². The Balaban J connectivity index is 1.56. The van der Waals surface area contributed by atoms with Crippen molar-refractivity contribution in [2.45, 2.75) is 43.6 Å². The average Bonchev–Trinajstić information content (AvgIpc) is 3.26. The lowest BCUT2D eigenvalue weighted by molar-refractivity contribution is -0.144. The Hall–Kier alpha value is -1.95. The van der Waals surface area contributed by atoms with E-state index in [0.29, 0.717) is 12.2 Å². The van der Waals surface area contributed by atoms with Gasteiger partial charge in [-0.2, -0.15) is 0 Å². The predicted octanol–water partition coefficient (Wildman–Crippen LogP) is 3.41. The zero-order valence-corrected chi connectivity index (χ0v) is 15.5. The average molecular weight is 358 g/mol. The number of furan rings is 1. The molecule has 1 aromatic carbocycles. The largest absolute Gasteiger partial charge is 0.459 e. The summed E-state index contributed by atoms with van der Waals surface area (Å²) in [6.45, 7) is 4.03. The number of thioether (sulfide) groups is 1. The summed E-state index contributed by atoms with van der Waals surface area (Å²) in [7, 11) is 1.79. The molecular weight excluding hydrogens is 336 g/mol. The van der Waals surface area contributed by atoms with E-state index in [2.05, 4.69) is 6.92 Å². The Morgan fingerprint density at radius 2 is 2.20 bits per heavy atom. The molecule has 2 fully saturated rings. The van der Waals surface area contributed by atoms with Crippen LogP contribution in [0.5, 0.6) is 0 Å². The van der Waals surface area contributed by atoms with Gasteiger partial charge in [0.15, 0.2) is 0 Å². The summed E-state index contributed by atoms with van der Waals surface area (Å²) in [6.07, 6.45) is 1.36. The maximum Gasteiger partial charge on any atom is 0.246 e. The fourth-order valence-corrected chi connectivity index (χ4v) is 5.25. The van der Waals surface area contributed by atoms with Crippen molar-refractivity contribution in [3.05, 3.63) is 36.1 Å².